The molecule has 0 aromatic rings. The zero-order chi connectivity index (χ0) is 11.9. The second-order valence-electron chi connectivity index (χ2n) is 5.93. The number of rotatable bonds is 1. The third-order valence-electron chi connectivity index (χ3n) is 3.95. The fourth-order valence-corrected chi connectivity index (χ4v) is 2.90. The molecule has 3 heteroatoms. The van der Waals surface area contributed by atoms with Crippen molar-refractivity contribution in [2.24, 2.45) is 5.92 Å². The van der Waals surface area contributed by atoms with Crippen LogP contribution in [0.3, 0.4) is 0 Å². The van der Waals surface area contributed by atoms with Crippen LogP contribution >= 0.6 is 0 Å². The summed E-state index contributed by atoms with van der Waals surface area (Å²) in [5, 5.41) is 0. The molecule has 0 spiro atoms. The number of likely N-dealkylation sites (tertiary alicyclic amines) is 2. The molecule has 2 heterocycles. The number of nitrogens with zero attached hydrogens (tertiary/aromatic N) is 2. The van der Waals surface area contributed by atoms with Crippen molar-refractivity contribution in [1.29, 1.82) is 0 Å². The molecule has 3 nitrogen and oxygen atoms in total. The second kappa shape index (κ2) is 3.88. The zero-order valence-corrected chi connectivity index (χ0v) is 10.6. The minimum absolute atomic E-state index is 0.100. The Labute approximate surface area is 98.1 Å². The van der Waals surface area contributed by atoms with Gasteiger partial charge < -0.3 is 4.90 Å². The average Bonchev–Trinajstić information content (AvgIpc) is 2.73. The van der Waals surface area contributed by atoms with Crippen molar-refractivity contribution in [2.75, 3.05) is 19.6 Å². The van der Waals surface area contributed by atoms with Crippen LogP contribution in [0.15, 0.2) is 12.7 Å². The van der Waals surface area contributed by atoms with Gasteiger partial charge in [-0.3, -0.25) is 9.69 Å². The van der Waals surface area contributed by atoms with Gasteiger partial charge in [0.15, 0.2) is 0 Å². The summed E-state index contributed by atoms with van der Waals surface area (Å²) in [7, 11) is 0. The van der Waals surface area contributed by atoms with E-state index in [1.165, 1.54) is 6.08 Å². The highest BCUT2D eigenvalue weighted by molar-refractivity contribution is 5.87. The zero-order valence-electron chi connectivity index (χ0n) is 10.6. The number of amides is 1. The molecule has 2 aliphatic heterocycles. The molecule has 0 saturated carbocycles. The van der Waals surface area contributed by atoms with Crippen molar-refractivity contribution in [3.8, 4) is 0 Å². The quantitative estimate of drug-likeness (QED) is 0.628. The lowest BCUT2D eigenvalue weighted by Crippen LogP contribution is -2.44. The Hall–Kier alpha value is -0.830. The van der Waals surface area contributed by atoms with E-state index < -0.39 is 0 Å². The predicted octanol–water partition coefficient (Wildman–Crippen LogP) is 1.50. The highest BCUT2D eigenvalue weighted by atomic mass is 16.2. The van der Waals surface area contributed by atoms with Gasteiger partial charge in [0.1, 0.15) is 0 Å². The van der Waals surface area contributed by atoms with Gasteiger partial charge in [0.05, 0.1) is 0 Å². The predicted molar refractivity (Wildman–Crippen MR) is 65.1 cm³/mol. The third-order valence-corrected chi connectivity index (χ3v) is 3.95. The first-order valence-electron chi connectivity index (χ1n) is 6.11. The molecule has 2 rings (SSSR count). The summed E-state index contributed by atoms with van der Waals surface area (Å²) < 4.78 is 0. The van der Waals surface area contributed by atoms with E-state index >= 15 is 0 Å². The summed E-state index contributed by atoms with van der Waals surface area (Å²) >= 11 is 0. The Morgan fingerprint density at radius 3 is 2.62 bits per heavy atom. The standard InChI is InChI=1S/C13H22N2O/c1-5-12(16)15-7-6-10-8-14(9-11(10)15)13(2,3)4/h5,10-11H,1,6-9H2,2-4H3. The van der Waals surface area contributed by atoms with Crippen LogP contribution in [0.4, 0.5) is 0 Å². The van der Waals surface area contributed by atoms with Crippen molar-refractivity contribution >= 4 is 5.91 Å². The van der Waals surface area contributed by atoms with Crippen molar-refractivity contribution in [3.63, 3.8) is 0 Å². The number of hydrogen-bond donors (Lipinski definition) is 0. The van der Waals surface area contributed by atoms with Gasteiger partial charge >= 0.3 is 0 Å². The second-order valence-corrected chi connectivity index (χ2v) is 5.93. The van der Waals surface area contributed by atoms with Crippen LogP contribution in [-0.4, -0.2) is 46.9 Å². The summed E-state index contributed by atoms with van der Waals surface area (Å²) in [6, 6.07) is 0.421. The summed E-state index contributed by atoms with van der Waals surface area (Å²) in [5.74, 6) is 0.770. The highest BCUT2D eigenvalue weighted by Crippen LogP contribution is 2.34. The fourth-order valence-electron chi connectivity index (χ4n) is 2.90. The molecule has 0 aromatic carbocycles. The van der Waals surface area contributed by atoms with Gasteiger partial charge in [-0.1, -0.05) is 6.58 Å². The molecule has 2 aliphatic rings. The number of carbonyl (C=O) groups excluding carboxylic acids is 1. The Kier molecular flexibility index (Phi) is 2.82. The third kappa shape index (κ3) is 1.88. The molecule has 0 bridgehead atoms. The van der Waals surface area contributed by atoms with Gasteiger partial charge in [0.25, 0.3) is 0 Å². The lowest BCUT2D eigenvalue weighted by atomic mass is 10.0. The molecule has 0 aromatic heterocycles. The lowest BCUT2D eigenvalue weighted by molar-refractivity contribution is -0.126. The van der Waals surface area contributed by atoms with Crippen LogP contribution < -0.4 is 0 Å². The van der Waals surface area contributed by atoms with Crippen LogP contribution in [0.5, 0.6) is 0 Å². The first-order valence-corrected chi connectivity index (χ1v) is 6.11. The van der Waals surface area contributed by atoms with Crippen molar-refractivity contribution in [3.05, 3.63) is 12.7 Å². The van der Waals surface area contributed by atoms with Gasteiger partial charge in [-0.2, -0.15) is 0 Å². The van der Waals surface area contributed by atoms with Gasteiger partial charge in [-0.05, 0) is 39.2 Å². The minimum Gasteiger partial charge on any atom is -0.335 e. The molecule has 2 saturated heterocycles. The largest absolute Gasteiger partial charge is 0.335 e. The van der Waals surface area contributed by atoms with E-state index in [4.69, 9.17) is 0 Å². The van der Waals surface area contributed by atoms with Crippen molar-refractivity contribution in [1.82, 2.24) is 9.80 Å². The molecule has 2 atom stereocenters. The van der Waals surface area contributed by atoms with E-state index in [1.54, 1.807) is 0 Å². The van der Waals surface area contributed by atoms with E-state index in [1.807, 2.05) is 4.90 Å². The summed E-state index contributed by atoms with van der Waals surface area (Å²) in [5.41, 5.74) is 0.216. The highest BCUT2D eigenvalue weighted by Gasteiger charge is 2.45. The fraction of sp³-hybridized carbons (Fsp3) is 0.769. The number of hydrogen-bond acceptors (Lipinski definition) is 2. The molecule has 1 amide bonds. The van der Waals surface area contributed by atoms with Crippen molar-refractivity contribution < 1.29 is 4.79 Å². The lowest BCUT2D eigenvalue weighted by Gasteiger charge is -2.33. The Bertz CT molecular complexity index is 306. The van der Waals surface area contributed by atoms with Gasteiger partial charge in [-0.25, -0.2) is 0 Å². The topological polar surface area (TPSA) is 23.6 Å². The van der Waals surface area contributed by atoms with Crippen LogP contribution in [0, 0.1) is 5.92 Å². The van der Waals surface area contributed by atoms with Gasteiger partial charge in [0.2, 0.25) is 5.91 Å². The first-order chi connectivity index (χ1) is 7.43. The molecule has 2 fully saturated rings. The number of carbonyl (C=O) groups is 1. The normalized spacial score (nSPS) is 30.6. The van der Waals surface area contributed by atoms with Gasteiger partial charge in [0, 0.05) is 31.2 Å². The Morgan fingerprint density at radius 1 is 1.38 bits per heavy atom. The van der Waals surface area contributed by atoms with E-state index in [0.29, 0.717) is 12.0 Å². The van der Waals surface area contributed by atoms with Crippen molar-refractivity contribution in [2.45, 2.75) is 38.8 Å². The van der Waals surface area contributed by atoms with E-state index in [2.05, 4.69) is 32.3 Å². The SMILES string of the molecule is C=CC(=O)N1CCC2CN(C(C)(C)C)CC21. The molecule has 90 valence electrons. The van der Waals surface area contributed by atoms with E-state index in [0.717, 1.165) is 26.1 Å². The molecular formula is C13H22N2O. The molecule has 0 radical (unpaired) electrons. The molecular weight excluding hydrogens is 200 g/mol. The monoisotopic (exact) mass is 222 g/mol. The van der Waals surface area contributed by atoms with Crippen LogP contribution in [0.25, 0.3) is 0 Å². The first kappa shape index (κ1) is 11.6. The van der Waals surface area contributed by atoms with Gasteiger partial charge in [-0.15, -0.1) is 0 Å². The van der Waals surface area contributed by atoms with E-state index in [9.17, 15) is 4.79 Å². The summed E-state index contributed by atoms with van der Waals surface area (Å²) in [4.78, 5) is 16.2. The molecule has 0 aliphatic carbocycles. The maximum Gasteiger partial charge on any atom is 0.246 e. The molecule has 16 heavy (non-hydrogen) atoms. The minimum atomic E-state index is 0.100. The summed E-state index contributed by atoms with van der Waals surface area (Å²) in [6.45, 7) is 13.4. The summed E-state index contributed by atoms with van der Waals surface area (Å²) in [6.07, 6.45) is 2.60. The Balaban J connectivity index is 2.07. The smallest absolute Gasteiger partial charge is 0.246 e. The maximum atomic E-state index is 11.7. The average molecular weight is 222 g/mol. The number of fused-ring (bicyclic) bond motifs is 1. The van der Waals surface area contributed by atoms with E-state index in [-0.39, 0.29) is 11.4 Å². The maximum absolute atomic E-state index is 11.7. The molecule has 0 N–H and O–H groups in total. The van der Waals surface area contributed by atoms with Crippen LogP contribution in [0.2, 0.25) is 0 Å². The molecule has 2 unspecified atom stereocenters. The van der Waals surface area contributed by atoms with Crippen LogP contribution in [0.1, 0.15) is 27.2 Å². The van der Waals surface area contributed by atoms with Crippen LogP contribution in [-0.2, 0) is 4.79 Å². The Morgan fingerprint density at radius 2 is 2.06 bits per heavy atom.